The predicted octanol–water partition coefficient (Wildman–Crippen LogP) is 4.11. The summed E-state index contributed by atoms with van der Waals surface area (Å²) in [6.07, 6.45) is 0.473. The lowest BCUT2D eigenvalue weighted by Gasteiger charge is -2.18. The second-order valence-electron chi connectivity index (χ2n) is 7.54. The van der Waals surface area contributed by atoms with Crippen molar-refractivity contribution in [2.24, 2.45) is 0 Å². The number of anilines is 1. The quantitative estimate of drug-likeness (QED) is 0.521. The van der Waals surface area contributed by atoms with Crippen molar-refractivity contribution >= 4 is 32.7 Å². The Bertz CT molecular complexity index is 1230. The van der Waals surface area contributed by atoms with E-state index >= 15 is 0 Å². The van der Waals surface area contributed by atoms with Gasteiger partial charge in [0.1, 0.15) is 11.6 Å². The Balaban J connectivity index is 1.82. The minimum atomic E-state index is -3.59. The fourth-order valence-corrected chi connectivity index (χ4v) is 5.23. The topological polar surface area (TPSA) is 84.3 Å². The van der Waals surface area contributed by atoms with Crippen molar-refractivity contribution in [2.45, 2.75) is 52.0 Å². The van der Waals surface area contributed by atoms with Crippen molar-refractivity contribution in [3.05, 3.63) is 53.6 Å². The molecular formula is C23H29FN4O3S. The zero-order valence-corrected chi connectivity index (χ0v) is 19.7. The van der Waals surface area contributed by atoms with Crippen LogP contribution in [0.4, 0.5) is 10.1 Å². The van der Waals surface area contributed by atoms with E-state index in [0.717, 1.165) is 11.1 Å². The Morgan fingerprint density at radius 3 is 2.50 bits per heavy atom. The molecule has 0 unspecified atom stereocenters. The average molecular weight is 461 g/mol. The number of nitrogens with zero attached hydrogens (tertiary/aromatic N) is 3. The molecule has 0 aliphatic rings. The van der Waals surface area contributed by atoms with Gasteiger partial charge in [-0.1, -0.05) is 19.9 Å². The third-order valence-electron chi connectivity index (χ3n) is 5.43. The zero-order chi connectivity index (χ0) is 23.5. The summed E-state index contributed by atoms with van der Waals surface area (Å²) in [5.41, 5.74) is 2.39. The number of sulfonamides is 1. The van der Waals surface area contributed by atoms with Gasteiger partial charge in [-0.2, -0.15) is 4.31 Å². The van der Waals surface area contributed by atoms with E-state index in [1.54, 1.807) is 44.2 Å². The van der Waals surface area contributed by atoms with Crippen LogP contribution in [-0.2, 0) is 27.8 Å². The maximum atomic E-state index is 13.9. The van der Waals surface area contributed by atoms with Crippen LogP contribution in [0.3, 0.4) is 0 Å². The van der Waals surface area contributed by atoms with E-state index in [1.165, 1.54) is 10.4 Å². The zero-order valence-electron chi connectivity index (χ0n) is 18.9. The lowest BCUT2D eigenvalue weighted by atomic mass is 10.2. The maximum Gasteiger partial charge on any atom is 0.243 e. The van der Waals surface area contributed by atoms with Crippen LogP contribution in [0, 0.1) is 12.7 Å². The molecule has 7 nitrogen and oxygen atoms in total. The van der Waals surface area contributed by atoms with Crippen LogP contribution in [0.2, 0.25) is 0 Å². The van der Waals surface area contributed by atoms with E-state index < -0.39 is 15.8 Å². The lowest BCUT2D eigenvalue weighted by Crippen LogP contribution is -2.30. The molecule has 0 bridgehead atoms. The molecule has 1 amide bonds. The molecule has 0 fully saturated rings. The monoisotopic (exact) mass is 460 g/mol. The number of aromatic nitrogens is 2. The van der Waals surface area contributed by atoms with Gasteiger partial charge in [0.15, 0.2) is 0 Å². The Morgan fingerprint density at radius 1 is 1.12 bits per heavy atom. The van der Waals surface area contributed by atoms with Crippen molar-refractivity contribution in [3.8, 4) is 0 Å². The summed E-state index contributed by atoms with van der Waals surface area (Å²) in [5.74, 6) is -0.111. The molecular weight excluding hydrogens is 431 g/mol. The van der Waals surface area contributed by atoms with Crippen molar-refractivity contribution in [3.63, 3.8) is 0 Å². The number of aryl methyl sites for hydroxylation is 3. The molecule has 9 heteroatoms. The summed E-state index contributed by atoms with van der Waals surface area (Å²) >= 11 is 0. The number of fused-ring (bicyclic) bond motifs is 1. The number of nitrogens with one attached hydrogen (secondary N) is 1. The molecule has 0 spiro atoms. The first-order chi connectivity index (χ1) is 15.2. The summed E-state index contributed by atoms with van der Waals surface area (Å²) < 4.78 is 43.0. The van der Waals surface area contributed by atoms with Gasteiger partial charge in [-0.15, -0.1) is 0 Å². The van der Waals surface area contributed by atoms with E-state index in [-0.39, 0.29) is 22.9 Å². The summed E-state index contributed by atoms with van der Waals surface area (Å²) in [4.78, 5) is 17.2. The fraction of sp³-hybridized carbons (Fsp3) is 0.391. The van der Waals surface area contributed by atoms with Crippen molar-refractivity contribution in [1.82, 2.24) is 13.9 Å². The normalized spacial score (nSPS) is 11.9. The molecule has 0 radical (unpaired) electrons. The van der Waals surface area contributed by atoms with E-state index in [2.05, 4.69) is 10.3 Å². The third kappa shape index (κ3) is 4.83. The lowest BCUT2D eigenvalue weighted by molar-refractivity contribution is -0.116. The largest absolute Gasteiger partial charge is 0.328 e. The second-order valence-corrected chi connectivity index (χ2v) is 9.48. The SMILES string of the molecule is CCN(CC)S(=O)(=O)c1ccc2c(c1)nc(CCC(=O)Nc1cc(C)ccc1F)n2CC. The van der Waals surface area contributed by atoms with Crippen LogP contribution in [0.5, 0.6) is 0 Å². The van der Waals surface area contributed by atoms with E-state index in [0.29, 0.717) is 37.4 Å². The number of hydrogen-bond acceptors (Lipinski definition) is 4. The van der Waals surface area contributed by atoms with E-state index in [1.807, 2.05) is 18.4 Å². The molecule has 172 valence electrons. The standard InChI is InChI=1S/C23H29FN4O3S/c1-5-27(6-2)32(30,31)17-9-11-21-20(15-17)25-22(28(21)7-3)12-13-23(29)26-19-14-16(4)8-10-18(19)24/h8-11,14-15H,5-7,12-13H2,1-4H3,(H,26,29). The second kappa shape index (κ2) is 9.79. The highest BCUT2D eigenvalue weighted by Gasteiger charge is 2.23. The molecule has 0 atom stereocenters. The molecule has 3 aromatic rings. The molecule has 32 heavy (non-hydrogen) atoms. The molecule has 2 aromatic carbocycles. The van der Waals surface area contributed by atoms with Crippen molar-refractivity contribution in [2.75, 3.05) is 18.4 Å². The first kappa shape index (κ1) is 23.9. The van der Waals surface area contributed by atoms with E-state index in [4.69, 9.17) is 0 Å². The average Bonchev–Trinajstić information content (AvgIpc) is 3.12. The van der Waals surface area contributed by atoms with Gasteiger partial charge < -0.3 is 9.88 Å². The molecule has 1 N–H and O–H groups in total. The number of hydrogen-bond donors (Lipinski definition) is 1. The van der Waals surface area contributed by atoms with Gasteiger partial charge in [0, 0.05) is 32.5 Å². The first-order valence-electron chi connectivity index (χ1n) is 10.8. The van der Waals surface area contributed by atoms with Gasteiger partial charge in [0.2, 0.25) is 15.9 Å². The molecule has 0 aliphatic heterocycles. The van der Waals surface area contributed by atoms with Crippen LogP contribution in [0.25, 0.3) is 11.0 Å². The molecule has 1 aromatic heterocycles. The van der Waals surface area contributed by atoms with Gasteiger partial charge in [-0.3, -0.25) is 4.79 Å². The van der Waals surface area contributed by atoms with Gasteiger partial charge >= 0.3 is 0 Å². The van der Waals surface area contributed by atoms with Crippen LogP contribution < -0.4 is 5.32 Å². The van der Waals surface area contributed by atoms with Crippen LogP contribution in [0.1, 0.15) is 38.6 Å². The summed E-state index contributed by atoms with van der Waals surface area (Å²) in [7, 11) is -3.59. The Kier molecular flexibility index (Phi) is 7.30. The van der Waals surface area contributed by atoms with Crippen LogP contribution >= 0.6 is 0 Å². The Hall–Kier alpha value is -2.78. The smallest absolute Gasteiger partial charge is 0.243 e. The summed E-state index contributed by atoms with van der Waals surface area (Å²) in [5, 5.41) is 2.61. The minimum absolute atomic E-state index is 0.126. The Morgan fingerprint density at radius 2 is 1.84 bits per heavy atom. The summed E-state index contributed by atoms with van der Waals surface area (Å²) in [6, 6.07) is 9.50. The number of carbonyl (C=O) groups is 1. The highest BCUT2D eigenvalue weighted by atomic mass is 32.2. The number of benzene rings is 2. The van der Waals surface area contributed by atoms with E-state index in [9.17, 15) is 17.6 Å². The maximum absolute atomic E-state index is 13.9. The predicted molar refractivity (Wildman–Crippen MR) is 124 cm³/mol. The van der Waals surface area contributed by atoms with Crippen LogP contribution in [0.15, 0.2) is 41.3 Å². The first-order valence-corrected chi connectivity index (χ1v) is 12.2. The van der Waals surface area contributed by atoms with Crippen molar-refractivity contribution < 1.29 is 17.6 Å². The van der Waals surface area contributed by atoms with Gasteiger partial charge in [-0.25, -0.2) is 17.8 Å². The number of amides is 1. The molecule has 0 saturated carbocycles. The van der Waals surface area contributed by atoms with Crippen molar-refractivity contribution in [1.29, 1.82) is 0 Å². The molecule has 0 saturated heterocycles. The molecule has 3 rings (SSSR count). The molecule has 0 aliphatic carbocycles. The number of rotatable bonds is 9. The van der Waals surface area contributed by atoms with Gasteiger partial charge in [-0.05, 0) is 49.7 Å². The fourth-order valence-electron chi connectivity index (χ4n) is 3.75. The minimum Gasteiger partial charge on any atom is -0.328 e. The highest BCUT2D eigenvalue weighted by Crippen LogP contribution is 2.24. The highest BCUT2D eigenvalue weighted by molar-refractivity contribution is 7.89. The number of carbonyl (C=O) groups excluding carboxylic acids is 1. The summed E-state index contributed by atoms with van der Waals surface area (Å²) in [6.45, 7) is 8.81. The number of imidazole rings is 1. The van der Waals surface area contributed by atoms with Gasteiger partial charge in [0.05, 0.1) is 21.6 Å². The van der Waals surface area contributed by atoms with Crippen LogP contribution in [-0.4, -0.2) is 41.3 Å². The Labute approximate surface area is 188 Å². The molecule has 1 heterocycles. The third-order valence-corrected chi connectivity index (χ3v) is 7.48. The van der Waals surface area contributed by atoms with Gasteiger partial charge in [0.25, 0.3) is 0 Å². The number of halogens is 1.